The number of ether oxygens (including phenoxy) is 1. The highest BCUT2D eigenvalue weighted by Gasteiger charge is 2.21. The smallest absolute Gasteiger partial charge is 0.212 e. The van der Waals surface area contributed by atoms with Crippen LogP contribution >= 0.6 is 11.6 Å². The zero-order chi connectivity index (χ0) is 26.2. The minimum atomic E-state index is -3.76. The van der Waals surface area contributed by atoms with E-state index in [-0.39, 0.29) is 22.0 Å². The number of hydrogen-bond acceptors (Lipinski definition) is 6. The molecule has 0 radical (unpaired) electrons. The van der Waals surface area contributed by atoms with E-state index in [1.165, 1.54) is 49.9 Å². The molecule has 0 aliphatic heterocycles. The molecule has 0 amide bonds. The first-order valence-electron chi connectivity index (χ1n) is 10.9. The monoisotopic (exact) mass is 533 g/mol. The van der Waals surface area contributed by atoms with E-state index in [0.717, 1.165) is 0 Å². The normalized spacial score (nSPS) is 11.4. The first-order valence-corrected chi connectivity index (χ1v) is 12.9. The molecule has 10 heteroatoms. The van der Waals surface area contributed by atoms with Gasteiger partial charge < -0.3 is 9.26 Å². The maximum Gasteiger partial charge on any atom is 0.212 e. The average Bonchev–Trinajstić information content (AvgIpc) is 3.40. The zero-order valence-electron chi connectivity index (χ0n) is 19.3. The summed E-state index contributed by atoms with van der Waals surface area (Å²) in [7, 11) is -2.27. The molecule has 3 aromatic carbocycles. The van der Waals surface area contributed by atoms with Crippen LogP contribution in [0, 0.1) is 12.4 Å². The van der Waals surface area contributed by atoms with Gasteiger partial charge in [0.1, 0.15) is 23.6 Å². The van der Waals surface area contributed by atoms with Crippen LogP contribution in [-0.4, -0.2) is 25.7 Å². The van der Waals surface area contributed by atoms with Crippen LogP contribution in [0.15, 0.2) is 82.5 Å². The van der Waals surface area contributed by atoms with Crippen molar-refractivity contribution in [2.24, 2.45) is 0 Å². The van der Waals surface area contributed by atoms with Gasteiger partial charge in [-0.2, -0.15) is 0 Å². The molecule has 0 fully saturated rings. The molecule has 2 heterocycles. The van der Waals surface area contributed by atoms with Gasteiger partial charge in [0.05, 0.1) is 30.0 Å². The molecule has 0 N–H and O–H groups in total. The van der Waals surface area contributed by atoms with Gasteiger partial charge in [0.2, 0.25) is 5.69 Å². The van der Waals surface area contributed by atoms with E-state index in [1.807, 2.05) is 0 Å². The lowest BCUT2D eigenvalue weighted by Crippen LogP contribution is -2.05. The van der Waals surface area contributed by atoms with Gasteiger partial charge >= 0.3 is 0 Å². The fraction of sp³-hybridized carbons (Fsp3) is 0.0741. The quantitative estimate of drug-likeness (QED) is 0.221. The molecule has 0 atom stereocenters. The standard InChI is InChI=1S/C27H17ClFN3O4S/c1-30-25-14-31-27(20-7-6-19(11-22(20)25)37(33,34)15-18-8-9-36-32-18)23-12-24(28)21(13-26(23)35-2)16-4-3-5-17(29)10-16/h3-14H,15H2,2H3. The minimum Gasteiger partial charge on any atom is -0.496 e. The van der Waals surface area contributed by atoms with Crippen LogP contribution in [0.1, 0.15) is 5.69 Å². The van der Waals surface area contributed by atoms with Crippen molar-refractivity contribution in [3.05, 3.63) is 101 Å². The lowest BCUT2D eigenvalue weighted by atomic mass is 9.98. The summed E-state index contributed by atoms with van der Waals surface area (Å²) in [5, 5.41) is 4.98. The maximum absolute atomic E-state index is 13.8. The summed E-state index contributed by atoms with van der Waals surface area (Å²) in [4.78, 5) is 8.05. The molecule has 0 spiro atoms. The van der Waals surface area contributed by atoms with E-state index in [4.69, 9.17) is 27.4 Å². The SMILES string of the molecule is [C-]#[N+]c1cnc(-c2cc(Cl)c(-c3cccc(F)c3)cc2OC)c2ccc(S(=O)(=O)Cc3ccon3)cc12. The molecule has 7 nitrogen and oxygen atoms in total. The second-order valence-electron chi connectivity index (χ2n) is 8.10. The molecule has 184 valence electrons. The second-order valence-corrected chi connectivity index (χ2v) is 10.5. The third kappa shape index (κ3) is 4.65. The summed E-state index contributed by atoms with van der Waals surface area (Å²) in [6.07, 6.45) is 2.69. The number of hydrogen-bond donors (Lipinski definition) is 0. The Balaban J connectivity index is 1.67. The topological polar surface area (TPSA) is 86.6 Å². The van der Waals surface area contributed by atoms with Gasteiger partial charge in [0, 0.05) is 28.4 Å². The van der Waals surface area contributed by atoms with Crippen LogP contribution < -0.4 is 4.74 Å². The van der Waals surface area contributed by atoms with Crippen LogP contribution in [0.2, 0.25) is 5.02 Å². The van der Waals surface area contributed by atoms with Crippen LogP contribution in [0.5, 0.6) is 5.75 Å². The third-order valence-corrected chi connectivity index (χ3v) is 7.79. The number of nitrogens with zero attached hydrogens (tertiary/aromatic N) is 3. The first kappa shape index (κ1) is 24.4. The molecule has 0 unspecified atom stereocenters. The first-order chi connectivity index (χ1) is 17.8. The van der Waals surface area contributed by atoms with E-state index in [1.54, 1.807) is 30.3 Å². The van der Waals surface area contributed by atoms with Crippen molar-refractivity contribution in [2.45, 2.75) is 10.6 Å². The number of halogens is 2. The molecule has 0 aliphatic rings. The van der Waals surface area contributed by atoms with E-state index >= 15 is 0 Å². The summed E-state index contributed by atoms with van der Waals surface area (Å²) in [6.45, 7) is 7.58. The molecule has 37 heavy (non-hydrogen) atoms. The van der Waals surface area contributed by atoms with Crippen molar-refractivity contribution in [1.82, 2.24) is 10.1 Å². The Kier molecular flexibility index (Phi) is 6.38. The molecule has 5 aromatic rings. The van der Waals surface area contributed by atoms with Crippen molar-refractivity contribution in [2.75, 3.05) is 7.11 Å². The Labute approximate surface area is 216 Å². The summed E-state index contributed by atoms with van der Waals surface area (Å²) < 4.78 is 50.2. The predicted octanol–water partition coefficient (Wildman–Crippen LogP) is 6.88. The molecule has 0 bridgehead atoms. The van der Waals surface area contributed by atoms with Gasteiger partial charge in [-0.3, -0.25) is 4.98 Å². The largest absolute Gasteiger partial charge is 0.496 e. The summed E-state index contributed by atoms with van der Waals surface area (Å²) >= 11 is 6.61. The second kappa shape index (κ2) is 9.65. The Hall–Kier alpha value is -4.26. The lowest BCUT2D eigenvalue weighted by Gasteiger charge is -2.15. The van der Waals surface area contributed by atoms with Gasteiger partial charge in [-0.25, -0.2) is 17.7 Å². The van der Waals surface area contributed by atoms with Crippen molar-refractivity contribution >= 4 is 37.9 Å². The molecular weight excluding hydrogens is 517 g/mol. The van der Waals surface area contributed by atoms with E-state index < -0.39 is 15.7 Å². The zero-order valence-corrected chi connectivity index (χ0v) is 20.8. The predicted molar refractivity (Wildman–Crippen MR) is 138 cm³/mol. The summed E-state index contributed by atoms with van der Waals surface area (Å²) in [5.74, 6) is -0.310. The number of aromatic nitrogens is 2. The third-order valence-electron chi connectivity index (χ3n) is 5.83. The number of benzene rings is 3. The van der Waals surface area contributed by atoms with Crippen LogP contribution in [0.25, 0.3) is 38.0 Å². The van der Waals surface area contributed by atoms with Gasteiger partial charge in [0.25, 0.3) is 0 Å². The van der Waals surface area contributed by atoms with Gasteiger partial charge in [-0.05, 0) is 52.7 Å². The highest BCUT2D eigenvalue weighted by atomic mass is 35.5. The van der Waals surface area contributed by atoms with Crippen molar-refractivity contribution in [3.63, 3.8) is 0 Å². The molecule has 0 saturated heterocycles. The molecule has 0 saturated carbocycles. The Morgan fingerprint density at radius 3 is 2.62 bits per heavy atom. The number of fused-ring (bicyclic) bond motifs is 1. The number of methoxy groups -OCH3 is 1. The van der Waals surface area contributed by atoms with Gasteiger partial charge in [0.15, 0.2) is 9.84 Å². The average molecular weight is 534 g/mol. The van der Waals surface area contributed by atoms with Crippen LogP contribution in [-0.2, 0) is 15.6 Å². The highest BCUT2D eigenvalue weighted by molar-refractivity contribution is 7.90. The lowest BCUT2D eigenvalue weighted by molar-refractivity contribution is 0.413. The Morgan fingerprint density at radius 2 is 1.92 bits per heavy atom. The Morgan fingerprint density at radius 1 is 1.08 bits per heavy atom. The van der Waals surface area contributed by atoms with Crippen LogP contribution in [0.4, 0.5) is 10.1 Å². The van der Waals surface area contributed by atoms with E-state index in [9.17, 15) is 12.8 Å². The molecule has 5 rings (SSSR count). The maximum atomic E-state index is 13.8. The molecule has 2 aromatic heterocycles. The number of rotatable bonds is 6. The summed E-state index contributed by atoms with van der Waals surface area (Å²) in [5.41, 5.74) is 2.61. The highest BCUT2D eigenvalue weighted by Crippen LogP contribution is 2.42. The van der Waals surface area contributed by atoms with Crippen molar-refractivity contribution < 1.29 is 22.1 Å². The van der Waals surface area contributed by atoms with E-state index in [2.05, 4.69) is 15.0 Å². The fourth-order valence-electron chi connectivity index (χ4n) is 4.08. The van der Waals surface area contributed by atoms with Crippen molar-refractivity contribution in [3.8, 4) is 28.1 Å². The Bertz CT molecular complexity index is 1800. The van der Waals surface area contributed by atoms with Crippen molar-refractivity contribution in [1.29, 1.82) is 0 Å². The fourth-order valence-corrected chi connectivity index (χ4v) is 5.63. The van der Waals surface area contributed by atoms with Gasteiger partial charge in [-0.1, -0.05) is 35.0 Å². The van der Waals surface area contributed by atoms with Gasteiger partial charge in [-0.15, -0.1) is 0 Å². The van der Waals surface area contributed by atoms with Crippen LogP contribution in [0.3, 0.4) is 0 Å². The summed E-state index contributed by atoms with van der Waals surface area (Å²) in [6, 6.07) is 15.4. The molecule has 0 aliphatic carbocycles. The van der Waals surface area contributed by atoms with E-state index in [0.29, 0.717) is 43.9 Å². The molecular formula is C27H17ClFN3O4S. The minimum absolute atomic E-state index is 0.0384. The number of pyridine rings is 1. The number of sulfone groups is 1.